The van der Waals surface area contributed by atoms with Crippen LogP contribution >= 0.6 is 0 Å². The molecule has 0 saturated carbocycles. The molecule has 3 aromatic carbocycles. The lowest BCUT2D eigenvalue weighted by atomic mass is 10.1. The maximum atomic E-state index is 6.53. The number of aromatic nitrogens is 2. The molecule has 5 aromatic rings. The van der Waals surface area contributed by atoms with E-state index in [2.05, 4.69) is 11.1 Å². The lowest BCUT2D eigenvalue weighted by Gasteiger charge is -2.15. The van der Waals surface area contributed by atoms with Crippen LogP contribution in [0.4, 0.5) is 0 Å². The molecule has 0 radical (unpaired) electrons. The number of hydrogen-bond donors (Lipinski definition) is 0. The monoisotopic (exact) mass is 452 g/mol. The Labute approximate surface area is 197 Å². The first-order valence-electron chi connectivity index (χ1n) is 10.9. The zero-order valence-electron chi connectivity index (χ0n) is 19.2. The van der Waals surface area contributed by atoms with Crippen LogP contribution in [0.5, 0.6) is 23.0 Å². The standard InChI is InChI=1S/C28H24N2O4/c1-31-17-18-7-6-9-20(13-18)28-27(14-19-8-4-5-10-22(19)30-28)34-24-11-12-29-23-16-26(33-3)25(32-2)15-21(23)24/h4-16H,17H2,1-3H3. The van der Waals surface area contributed by atoms with Crippen molar-refractivity contribution in [1.82, 2.24) is 9.97 Å². The Morgan fingerprint density at radius 1 is 0.706 bits per heavy atom. The maximum Gasteiger partial charge on any atom is 0.162 e. The summed E-state index contributed by atoms with van der Waals surface area (Å²) >= 11 is 0. The summed E-state index contributed by atoms with van der Waals surface area (Å²) in [5.41, 5.74) is 4.41. The van der Waals surface area contributed by atoms with Gasteiger partial charge >= 0.3 is 0 Å². The second-order valence-corrected chi connectivity index (χ2v) is 7.80. The van der Waals surface area contributed by atoms with E-state index in [1.54, 1.807) is 27.5 Å². The third-order valence-corrected chi connectivity index (χ3v) is 5.63. The highest BCUT2D eigenvalue weighted by Gasteiger charge is 2.16. The number of fused-ring (bicyclic) bond motifs is 2. The van der Waals surface area contributed by atoms with Crippen molar-refractivity contribution in [3.63, 3.8) is 0 Å². The molecule has 2 aromatic heterocycles. The van der Waals surface area contributed by atoms with Gasteiger partial charge < -0.3 is 18.9 Å². The average Bonchev–Trinajstić information content (AvgIpc) is 2.88. The minimum Gasteiger partial charge on any atom is -0.493 e. The van der Waals surface area contributed by atoms with Gasteiger partial charge in [0.2, 0.25) is 0 Å². The van der Waals surface area contributed by atoms with E-state index in [0.717, 1.165) is 38.6 Å². The van der Waals surface area contributed by atoms with Crippen LogP contribution in [0.2, 0.25) is 0 Å². The zero-order chi connectivity index (χ0) is 23.5. The normalized spacial score (nSPS) is 11.0. The number of pyridine rings is 2. The maximum absolute atomic E-state index is 6.53. The van der Waals surface area contributed by atoms with Gasteiger partial charge in [0.05, 0.1) is 31.9 Å². The number of methoxy groups -OCH3 is 3. The average molecular weight is 453 g/mol. The van der Waals surface area contributed by atoms with Crippen LogP contribution in [-0.2, 0) is 11.3 Å². The molecule has 0 bridgehead atoms. The molecule has 0 aliphatic rings. The van der Waals surface area contributed by atoms with Crippen molar-refractivity contribution in [2.24, 2.45) is 0 Å². The fourth-order valence-corrected chi connectivity index (χ4v) is 4.01. The second-order valence-electron chi connectivity index (χ2n) is 7.80. The highest BCUT2D eigenvalue weighted by atomic mass is 16.5. The topological polar surface area (TPSA) is 62.7 Å². The Morgan fingerprint density at radius 2 is 1.53 bits per heavy atom. The lowest BCUT2D eigenvalue weighted by molar-refractivity contribution is 0.185. The quantitative estimate of drug-likeness (QED) is 0.284. The van der Waals surface area contributed by atoms with Crippen molar-refractivity contribution < 1.29 is 18.9 Å². The Bertz CT molecular complexity index is 1480. The van der Waals surface area contributed by atoms with Gasteiger partial charge in [-0.25, -0.2) is 4.98 Å². The first-order valence-corrected chi connectivity index (χ1v) is 10.9. The molecule has 5 rings (SSSR count). The van der Waals surface area contributed by atoms with E-state index in [4.69, 9.17) is 23.9 Å². The Kier molecular flexibility index (Phi) is 5.97. The third-order valence-electron chi connectivity index (χ3n) is 5.63. The SMILES string of the molecule is COCc1cccc(-c2nc3ccccc3cc2Oc2ccnc3cc(OC)c(OC)cc23)c1. The van der Waals surface area contributed by atoms with Crippen LogP contribution in [0.3, 0.4) is 0 Å². The lowest BCUT2D eigenvalue weighted by Crippen LogP contribution is -1.96. The van der Waals surface area contributed by atoms with Crippen LogP contribution < -0.4 is 14.2 Å². The Hall–Kier alpha value is -4.16. The van der Waals surface area contributed by atoms with Gasteiger partial charge in [-0.05, 0) is 35.9 Å². The number of nitrogens with zero attached hydrogens (tertiary/aromatic N) is 2. The molecular formula is C28H24N2O4. The summed E-state index contributed by atoms with van der Waals surface area (Å²) in [5.74, 6) is 2.52. The van der Waals surface area contributed by atoms with Crippen molar-refractivity contribution in [2.45, 2.75) is 6.61 Å². The van der Waals surface area contributed by atoms with Crippen LogP contribution in [-0.4, -0.2) is 31.3 Å². The van der Waals surface area contributed by atoms with Crippen molar-refractivity contribution >= 4 is 21.8 Å². The molecule has 0 aliphatic carbocycles. The summed E-state index contributed by atoms with van der Waals surface area (Å²) in [6.45, 7) is 0.522. The molecule has 6 nitrogen and oxygen atoms in total. The molecule has 0 unspecified atom stereocenters. The molecule has 0 atom stereocenters. The summed E-state index contributed by atoms with van der Waals surface area (Å²) < 4.78 is 22.8. The molecule has 0 aliphatic heterocycles. The second kappa shape index (κ2) is 9.37. The highest BCUT2D eigenvalue weighted by Crippen LogP contribution is 2.40. The molecule has 6 heteroatoms. The van der Waals surface area contributed by atoms with E-state index in [0.29, 0.717) is 29.6 Å². The van der Waals surface area contributed by atoms with Gasteiger partial charge in [0, 0.05) is 35.7 Å². The van der Waals surface area contributed by atoms with Crippen LogP contribution in [0.25, 0.3) is 33.1 Å². The van der Waals surface area contributed by atoms with Gasteiger partial charge in [0.25, 0.3) is 0 Å². The molecule has 0 spiro atoms. The fraction of sp³-hybridized carbons (Fsp3) is 0.143. The zero-order valence-corrected chi connectivity index (χ0v) is 19.2. The smallest absolute Gasteiger partial charge is 0.162 e. The summed E-state index contributed by atoms with van der Waals surface area (Å²) in [4.78, 5) is 9.44. The minimum absolute atomic E-state index is 0.522. The molecule has 0 saturated heterocycles. The van der Waals surface area contributed by atoms with Crippen molar-refractivity contribution in [3.05, 3.63) is 84.6 Å². The summed E-state index contributed by atoms with van der Waals surface area (Å²) in [6, 6.07) is 23.7. The summed E-state index contributed by atoms with van der Waals surface area (Å²) in [6.07, 6.45) is 1.72. The van der Waals surface area contributed by atoms with Gasteiger partial charge in [-0.2, -0.15) is 0 Å². The van der Waals surface area contributed by atoms with E-state index in [-0.39, 0.29) is 0 Å². The van der Waals surface area contributed by atoms with Crippen molar-refractivity contribution in [2.75, 3.05) is 21.3 Å². The molecule has 0 amide bonds. The van der Waals surface area contributed by atoms with Crippen LogP contribution in [0.1, 0.15) is 5.56 Å². The molecule has 0 fully saturated rings. The molecule has 2 heterocycles. The van der Waals surface area contributed by atoms with E-state index >= 15 is 0 Å². The number of benzene rings is 3. The molecular weight excluding hydrogens is 428 g/mol. The predicted molar refractivity (Wildman–Crippen MR) is 133 cm³/mol. The van der Waals surface area contributed by atoms with E-state index < -0.39 is 0 Å². The summed E-state index contributed by atoms with van der Waals surface area (Å²) in [5, 5.41) is 1.80. The van der Waals surface area contributed by atoms with Crippen molar-refractivity contribution in [1.29, 1.82) is 0 Å². The highest BCUT2D eigenvalue weighted by molar-refractivity contribution is 5.89. The van der Waals surface area contributed by atoms with Gasteiger partial charge in [-0.1, -0.05) is 36.4 Å². The molecule has 34 heavy (non-hydrogen) atoms. The van der Waals surface area contributed by atoms with Crippen LogP contribution in [0, 0.1) is 0 Å². The largest absolute Gasteiger partial charge is 0.493 e. The predicted octanol–water partition coefficient (Wildman–Crippen LogP) is 6.41. The minimum atomic E-state index is 0.522. The molecule has 170 valence electrons. The van der Waals surface area contributed by atoms with Gasteiger partial charge in [0.1, 0.15) is 11.4 Å². The van der Waals surface area contributed by atoms with Gasteiger partial charge in [0.15, 0.2) is 17.2 Å². The van der Waals surface area contributed by atoms with Crippen LogP contribution in [0.15, 0.2) is 79.0 Å². The molecule has 0 N–H and O–H groups in total. The number of rotatable bonds is 7. The Balaban J connectivity index is 1.68. The summed E-state index contributed by atoms with van der Waals surface area (Å²) in [7, 11) is 4.90. The van der Waals surface area contributed by atoms with Crippen molar-refractivity contribution in [3.8, 4) is 34.3 Å². The van der Waals surface area contributed by atoms with Gasteiger partial charge in [-0.3, -0.25) is 4.98 Å². The number of ether oxygens (including phenoxy) is 4. The number of para-hydroxylation sites is 1. The van der Waals surface area contributed by atoms with E-state index in [9.17, 15) is 0 Å². The van der Waals surface area contributed by atoms with E-state index in [1.807, 2.05) is 66.7 Å². The first kappa shape index (κ1) is 21.7. The fourth-order valence-electron chi connectivity index (χ4n) is 4.01. The Morgan fingerprint density at radius 3 is 2.35 bits per heavy atom. The first-order chi connectivity index (χ1) is 16.7. The van der Waals surface area contributed by atoms with E-state index in [1.165, 1.54) is 0 Å². The third kappa shape index (κ3) is 4.11. The van der Waals surface area contributed by atoms with Gasteiger partial charge in [-0.15, -0.1) is 0 Å². The number of hydrogen-bond acceptors (Lipinski definition) is 6.